The number of amides is 1. The third kappa shape index (κ3) is 2.98. The Labute approximate surface area is 145 Å². The van der Waals surface area contributed by atoms with Crippen LogP contribution in [0.5, 0.6) is 0 Å². The topological polar surface area (TPSA) is 49.4 Å². The molecule has 0 radical (unpaired) electrons. The van der Waals surface area contributed by atoms with Crippen molar-refractivity contribution in [2.45, 2.75) is 13.8 Å². The quantitative estimate of drug-likeness (QED) is 0.531. The monoisotopic (exact) mass is 336 g/mol. The molecule has 4 nitrogen and oxygen atoms in total. The highest BCUT2D eigenvalue weighted by Gasteiger charge is 2.33. The summed E-state index contributed by atoms with van der Waals surface area (Å²) in [5.41, 5.74) is 3.44. The smallest absolute Gasteiger partial charge is 0.281 e. The van der Waals surface area contributed by atoms with Crippen molar-refractivity contribution in [3.05, 3.63) is 77.0 Å². The molecule has 3 rings (SSSR count). The second kappa shape index (κ2) is 6.37. The molecule has 1 heterocycles. The van der Waals surface area contributed by atoms with Gasteiger partial charge in [0.15, 0.2) is 10.9 Å². The number of nitrogens with one attached hydrogen (secondary N) is 1. The Bertz CT molecular complexity index is 869. The van der Waals surface area contributed by atoms with Gasteiger partial charge in [0, 0.05) is 11.6 Å². The minimum Gasteiger partial charge on any atom is -0.327 e. The van der Waals surface area contributed by atoms with Gasteiger partial charge < -0.3 is 5.32 Å². The van der Waals surface area contributed by atoms with E-state index in [1.807, 2.05) is 50.2 Å². The van der Waals surface area contributed by atoms with Crippen LogP contribution in [0.25, 0.3) is 0 Å². The van der Waals surface area contributed by atoms with Crippen LogP contribution in [0.1, 0.15) is 21.5 Å². The summed E-state index contributed by atoms with van der Waals surface area (Å²) in [4.78, 5) is 26.4. The third-order valence-electron chi connectivity index (χ3n) is 3.85. The zero-order chi connectivity index (χ0) is 17.3. The molecule has 0 atom stereocenters. The van der Waals surface area contributed by atoms with E-state index in [9.17, 15) is 9.59 Å². The highest BCUT2D eigenvalue weighted by molar-refractivity contribution is 7.80. The predicted molar refractivity (Wildman–Crippen MR) is 98.0 cm³/mol. The van der Waals surface area contributed by atoms with Crippen LogP contribution in [0.15, 0.2) is 60.3 Å². The predicted octanol–water partition coefficient (Wildman–Crippen LogP) is 3.29. The Balaban J connectivity index is 1.90. The molecule has 0 unspecified atom stereocenters. The molecule has 5 heteroatoms. The van der Waals surface area contributed by atoms with E-state index >= 15 is 0 Å². The van der Waals surface area contributed by atoms with Crippen molar-refractivity contribution in [1.29, 1.82) is 0 Å². The summed E-state index contributed by atoms with van der Waals surface area (Å²) >= 11 is 5.26. The minimum absolute atomic E-state index is 0.189. The number of allylic oxidation sites excluding steroid dienone is 1. The lowest BCUT2D eigenvalue weighted by atomic mass is 10.1. The lowest BCUT2D eigenvalue weighted by Gasteiger charge is -2.16. The van der Waals surface area contributed by atoms with E-state index < -0.39 is 0 Å². The Hall–Kier alpha value is -2.79. The number of rotatable bonds is 3. The molecular formula is C19H16N2O2S. The van der Waals surface area contributed by atoms with E-state index in [2.05, 4.69) is 5.32 Å². The van der Waals surface area contributed by atoms with Gasteiger partial charge in [-0.2, -0.15) is 0 Å². The van der Waals surface area contributed by atoms with Crippen molar-refractivity contribution < 1.29 is 9.59 Å². The molecule has 0 saturated carbocycles. The van der Waals surface area contributed by atoms with E-state index in [0.29, 0.717) is 11.3 Å². The molecule has 0 aromatic heterocycles. The Morgan fingerprint density at radius 3 is 2.42 bits per heavy atom. The Morgan fingerprint density at radius 1 is 1.08 bits per heavy atom. The van der Waals surface area contributed by atoms with Crippen LogP contribution in [0.3, 0.4) is 0 Å². The highest BCUT2D eigenvalue weighted by Crippen LogP contribution is 2.24. The van der Waals surface area contributed by atoms with Crippen molar-refractivity contribution in [2.24, 2.45) is 0 Å². The van der Waals surface area contributed by atoms with Gasteiger partial charge in [-0.05, 0) is 37.7 Å². The van der Waals surface area contributed by atoms with Crippen molar-refractivity contribution in [1.82, 2.24) is 5.32 Å². The second-order valence-corrected chi connectivity index (χ2v) is 6.03. The van der Waals surface area contributed by atoms with Gasteiger partial charge in [0.05, 0.1) is 5.69 Å². The number of carbonyl (C=O) groups is 2. The molecule has 1 amide bonds. The fourth-order valence-electron chi connectivity index (χ4n) is 2.50. The first-order chi connectivity index (χ1) is 11.5. The van der Waals surface area contributed by atoms with Crippen LogP contribution in [-0.2, 0) is 4.79 Å². The summed E-state index contributed by atoms with van der Waals surface area (Å²) in [6.45, 7) is 3.86. The number of carbonyl (C=O) groups excluding carboxylic acids is 2. The maximum absolute atomic E-state index is 12.6. The number of hydrogen-bond acceptors (Lipinski definition) is 3. The molecule has 1 fully saturated rings. The molecule has 0 spiro atoms. The standard InChI is InChI=1S/C19H16N2O2S/c1-12-7-9-14(10-8-12)17(22)11-15-18(23)21(19(24)20-15)16-6-4-3-5-13(16)2/h3-11H,1-2H3,(H,20,24). The first kappa shape index (κ1) is 16.1. The Morgan fingerprint density at radius 2 is 1.75 bits per heavy atom. The largest absolute Gasteiger partial charge is 0.327 e. The molecule has 2 aromatic carbocycles. The number of nitrogens with zero attached hydrogens (tertiary/aromatic N) is 1. The van der Waals surface area contributed by atoms with Crippen LogP contribution in [0.4, 0.5) is 5.69 Å². The van der Waals surface area contributed by atoms with Gasteiger partial charge in [0.2, 0.25) is 0 Å². The number of aryl methyl sites for hydroxylation is 2. The molecule has 2 aromatic rings. The fourth-order valence-corrected chi connectivity index (χ4v) is 2.79. The average Bonchev–Trinajstić information content (AvgIpc) is 2.83. The number of para-hydroxylation sites is 1. The molecule has 1 aliphatic heterocycles. The lowest BCUT2D eigenvalue weighted by Crippen LogP contribution is -2.30. The van der Waals surface area contributed by atoms with Crippen LogP contribution < -0.4 is 10.2 Å². The molecule has 24 heavy (non-hydrogen) atoms. The summed E-state index contributed by atoms with van der Waals surface area (Å²) in [6.07, 6.45) is 1.30. The molecule has 0 bridgehead atoms. The summed E-state index contributed by atoms with van der Waals surface area (Å²) in [5, 5.41) is 3.11. The van der Waals surface area contributed by atoms with Crippen molar-refractivity contribution in [3.8, 4) is 0 Å². The summed E-state index contributed by atoms with van der Waals surface area (Å²) < 4.78 is 0. The zero-order valence-electron chi connectivity index (χ0n) is 13.4. The summed E-state index contributed by atoms with van der Waals surface area (Å²) in [6, 6.07) is 14.7. The van der Waals surface area contributed by atoms with Crippen LogP contribution in [0.2, 0.25) is 0 Å². The molecule has 1 N–H and O–H groups in total. The number of thiocarbonyl (C=S) groups is 1. The average molecular weight is 336 g/mol. The van der Waals surface area contributed by atoms with Gasteiger partial charge in [0.1, 0.15) is 5.70 Å². The van der Waals surface area contributed by atoms with E-state index in [1.54, 1.807) is 12.1 Å². The number of ketones is 1. The lowest BCUT2D eigenvalue weighted by molar-refractivity contribution is -0.113. The Kier molecular flexibility index (Phi) is 4.27. The minimum atomic E-state index is -0.324. The van der Waals surface area contributed by atoms with Gasteiger partial charge in [0.25, 0.3) is 5.91 Å². The number of anilines is 1. The maximum Gasteiger partial charge on any atom is 0.281 e. The molecule has 120 valence electrons. The molecule has 1 saturated heterocycles. The number of hydrogen-bond donors (Lipinski definition) is 1. The van der Waals surface area contributed by atoms with Gasteiger partial charge >= 0.3 is 0 Å². The first-order valence-electron chi connectivity index (χ1n) is 7.51. The first-order valence-corrected chi connectivity index (χ1v) is 7.92. The van der Waals surface area contributed by atoms with Crippen molar-refractivity contribution in [3.63, 3.8) is 0 Å². The van der Waals surface area contributed by atoms with Gasteiger partial charge in [-0.3, -0.25) is 14.5 Å². The normalized spacial score (nSPS) is 15.8. The molecule has 0 aliphatic carbocycles. The van der Waals surface area contributed by atoms with E-state index in [0.717, 1.165) is 11.1 Å². The van der Waals surface area contributed by atoms with Crippen LogP contribution >= 0.6 is 12.2 Å². The van der Waals surface area contributed by atoms with E-state index in [-0.39, 0.29) is 22.5 Å². The van der Waals surface area contributed by atoms with E-state index in [1.165, 1.54) is 11.0 Å². The second-order valence-electron chi connectivity index (χ2n) is 5.65. The van der Waals surface area contributed by atoms with Crippen molar-refractivity contribution in [2.75, 3.05) is 4.90 Å². The third-order valence-corrected chi connectivity index (χ3v) is 4.13. The zero-order valence-corrected chi connectivity index (χ0v) is 14.2. The SMILES string of the molecule is Cc1ccc(C(=O)C=C2NC(=S)N(c3ccccc3C)C2=O)cc1. The van der Waals surface area contributed by atoms with Gasteiger partial charge in [-0.25, -0.2) is 0 Å². The summed E-state index contributed by atoms with van der Waals surface area (Å²) in [5.74, 6) is -0.560. The molecule has 1 aliphatic rings. The van der Waals surface area contributed by atoms with Gasteiger partial charge in [-0.1, -0.05) is 48.0 Å². The fraction of sp³-hybridized carbons (Fsp3) is 0.105. The van der Waals surface area contributed by atoms with E-state index in [4.69, 9.17) is 12.2 Å². The summed E-state index contributed by atoms with van der Waals surface area (Å²) in [7, 11) is 0. The highest BCUT2D eigenvalue weighted by atomic mass is 32.1. The van der Waals surface area contributed by atoms with Crippen molar-refractivity contribution >= 4 is 34.7 Å². The van der Waals surface area contributed by atoms with Crippen LogP contribution in [-0.4, -0.2) is 16.8 Å². The number of benzene rings is 2. The van der Waals surface area contributed by atoms with Gasteiger partial charge in [-0.15, -0.1) is 0 Å². The maximum atomic E-state index is 12.6. The molecular weight excluding hydrogens is 320 g/mol. The van der Waals surface area contributed by atoms with Crippen LogP contribution in [0, 0.1) is 13.8 Å².